The first-order chi connectivity index (χ1) is 22.8. The average molecular weight is 785 g/mol. The molecule has 9 aromatic rings. The molecule has 47 heavy (non-hydrogen) atoms. The molecule has 0 atom stereocenters. The van der Waals surface area contributed by atoms with Gasteiger partial charge in [0.05, 0.1) is 11.4 Å². The average Bonchev–Trinajstić information content (AvgIpc) is 3.72. The minimum atomic E-state index is 0. The zero-order valence-corrected chi connectivity index (χ0v) is 27.2. The summed E-state index contributed by atoms with van der Waals surface area (Å²) in [6, 6.07) is 50.7. The van der Waals surface area contributed by atoms with Gasteiger partial charge in [0.2, 0.25) is 5.65 Å². The molecule has 0 bridgehead atoms. The smallest absolute Gasteiger partial charge is 0.210 e. The molecule has 0 saturated heterocycles. The van der Waals surface area contributed by atoms with Crippen molar-refractivity contribution in [2.24, 2.45) is 0 Å². The maximum absolute atomic E-state index is 6.45. The molecule has 7 nitrogen and oxygen atoms in total. The predicted octanol–water partition coefficient (Wildman–Crippen LogP) is 8.79. The quantitative estimate of drug-likeness (QED) is 0.166. The molecule has 0 aliphatic rings. The molecule has 0 aliphatic carbocycles. The Bertz CT molecular complexity index is 2370. The zero-order valence-electron chi connectivity index (χ0n) is 24.8. The van der Waals surface area contributed by atoms with E-state index in [0.29, 0.717) is 17.1 Å². The molecule has 4 heterocycles. The third kappa shape index (κ3) is 5.84. The van der Waals surface area contributed by atoms with Gasteiger partial charge in [-0.15, -0.1) is 64.3 Å². The maximum Gasteiger partial charge on any atom is 0.210 e. The van der Waals surface area contributed by atoms with Crippen LogP contribution >= 0.6 is 0 Å². The van der Waals surface area contributed by atoms with Crippen LogP contribution in [0.2, 0.25) is 0 Å². The van der Waals surface area contributed by atoms with Gasteiger partial charge >= 0.3 is 0 Å². The number of benzene rings is 5. The molecule has 9 rings (SSSR count). The van der Waals surface area contributed by atoms with Gasteiger partial charge in [0, 0.05) is 37.4 Å². The Balaban J connectivity index is 0.000000228. The van der Waals surface area contributed by atoms with Crippen molar-refractivity contribution < 1.29 is 24.5 Å². The van der Waals surface area contributed by atoms with E-state index >= 15 is 0 Å². The second-order valence-electron chi connectivity index (χ2n) is 10.5. The molecule has 0 fully saturated rings. The Kier molecular flexibility index (Phi) is 8.43. The van der Waals surface area contributed by atoms with Crippen LogP contribution in [-0.4, -0.2) is 29.7 Å². The van der Waals surface area contributed by atoms with Crippen LogP contribution in [0, 0.1) is 12.1 Å². The molecule has 227 valence electrons. The number of pyridine rings is 1. The summed E-state index contributed by atoms with van der Waals surface area (Å²) in [5, 5.41) is 10.2. The normalized spacial score (nSPS) is 10.8. The van der Waals surface area contributed by atoms with Crippen molar-refractivity contribution in [1.29, 1.82) is 0 Å². The molecule has 8 heteroatoms. The van der Waals surface area contributed by atoms with Crippen molar-refractivity contribution in [3.63, 3.8) is 0 Å². The van der Waals surface area contributed by atoms with E-state index in [4.69, 9.17) is 9.40 Å². The van der Waals surface area contributed by atoms with Crippen molar-refractivity contribution in [3.05, 3.63) is 158 Å². The summed E-state index contributed by atoms with van der Waals surface area (Å²) in [5.74, 6) is 0.655. The van der Waals surface area contributed by atoms with Crippen molar-refractivity contribution in [2.75, 3.05) is 0 Å². The molecule has 0 unspecified atom stereocenters. The SMILES string of the molecule is [Ir].[c-]1ccc2c(oc3cc(-c4ccccc4)ccc32)c1-c1nc2nncnc2n1-c1ccccc1.[c-]1ccccc1-c1ccccn1. The summed E-state index contributed by atoms with van der Waals surface area (Å²) in [6.45, 7) is 0. The van der Waals surface area contributed by atoms with E-state index < -0.39 is 0 Å². The first-order valence-corrected chi connectivity index (χ1v) is 14.8. The van der Waals surface area contributed by atoms with Gasteiger partial charge in [0.25, 0.3) is 0 Å². The molecular formula is C39H24IrN6O-2. The van der Waals surface area contributed by atoms with Crippen molar-refractivity contribution in [1.82, 2.24) is 29.7 Å². The fourth-order valence-electron chi connectivity index (χ4n) is 5.53. The molecule has 5 aromatic carbocycles. The van der Waals surface area contributed by atoms with Crippen molar-refractivity contribution >= 4 is 33.2 Å². The molecular weight excluding hydrogens is 761 g/mol. The number of hydrogen-bond acceptors (Lipinski definition) is 6. The van der Waals surface area contributed by atoms with Crippen molar-refractivity contribution in [2.45, 2.75) is 0 Å². The summed E-state index contributed by atoms with van der Waals surface area (Å²) in [5.41, 5.74) is 8.57. The Morgan fingerprint density at radius 1 is 0.660 bits per heavy atom. The number of para-hydroxylation sites is 1. The number of hydrogen-bond donors (Lipinski definition) is 0. The van der Waals surface area contributed by atoms with Gasteiger partial charge in [-0.25, -0.2) is 4.98 Å². The van der Waals surface area contributed by atoms with Crippen LogP contribution in [-0.2, 0) is 20.1 Å². The summed E-state index contributed by atoms with van der Waals surface area (Å²) in [4.78, 5) is 13.5. The molecule has 1 radical (unpaired) electrons. The minimum Gasteiger partial charge on any atom is -0.501 e. The molecule has 0 saturated carbocycles. The van der Waals surface area contributed by atoms with Crippen molar-refractivity contribution in [3.8, 4) is 39.5 Å². The first kappa shape index (κ1) is 29.9. The monoisotopic (exact) mass is 785 g/mol. The topological polar surface area (TPSA) is 82.5 Å². The third-order valence-electron chi connectivity index (χ3n) is 7.65. The van der Waals surface area contributed by atoms with E-state index in [1.165, 1.54) is 6.33 Å². The number of imidazole rings is 1. The zero-order chi connectivity index (χ0) is 30.7. The minimum absolute atomic E-state index is 0. The Morgan fingerprint density at radius 2 is 1.47 bits per heavy atom. The van der Waals surface area contributed by atoms with Crippen LogP contribution in [0.5, 0.6) is 0 Å². The largest absolute Gasteiger partial charge is 0.501 e. The van der Waals surface area contributed by atoms with E-state index in [2.05, 4.69) is 62.6 Å². The van der Waals surface area contributed by atoms with Gasteiger partial charge in [-0.1, -0.05) is 83.7 Å². The maximum atomic E-state index is 6.45. The van der Waals surface area contributed by atoms with Crippen LogP contribution in [0.25, 0.3) is 72.7 Å². The molecule has 4 aromatic heterocycles. The number of aromatic nitrogens is 6. The molecule has 0 aliphatic heterocycles. The van der Waals surface area contributed by atoms with Gasteiger partial charge in [0.1, 0.15) is 11.9 Å². The Hall–Kier alpha value is -5.82. The van der Waals surface area contributed by atoms with Crippen LogP contribution in [0.4, 0.5) is 0 Å². The predicted molar refractivity (Wildman–Crippen MR) is 180 cm³/mol. The number of rotatable bonds is 4. The second-order valence-corrected chi connectivity index (χ2v) is 10.5. The summed E-state index contributed by atoms with van der Waals surface area (Å²) in [6.07, 6.45) is 3.22. The van der Waals surface area contributed by atoms with Crippen LogP contribution in [0.3, 0.4) is 0 Å². The number of fused-ring (bicyclic) bond motifs is 4. The Morgan fingerprint density at radius 3 is 2.26 bits per heavy atom. The van der Waals surface area contributed by atoms with Crippen LogP contribution in [0.15, 0.2) is 150 Å². The Labute approximate surface area is 284 Å². The fourth-order valence-corrected chi connectivity index (χ4v) is 5.53. The van der Waals surface area contributed by atoms with Gasteiger partial charge in [-0.05, 0) is 41.1 Å². The van der Waals surface area contributed by atoms with E-state index in [-0.39, 0.29) is 20.1 Å². The molecule has 0 spiro atoms. The molecule has 0 N–H and O–H groups in total. The summed E-state index contributed by atoms with van der Waals surface area (Å²) < 4.78 is 8.42. The fraction of sp³-hybridized carbons (Fsp3) is 0. The van der Waals surface area contributed by atoms with E-state index in [1.54, 1.807) is 6.20 Å². The standard InChI is InChI=1S/C28H16N5O.C11H8N.Ir/c1-3-8-18(9-4-1)19-14-15-21-22-12-7-13-23(25(22)34-24(21)16-19)27-31-26-28(29-17-30-32-26)33(27)20-10-5-2-6-11-20;1-2-6-10(7-3-1)11-8-4-5-9-12-11;/h1-12,14-17H;1-6,8-9H;/q2*-1;. The summed E-state index contributed by atoms with van der Waals surface area (Å²) >= 11 is 0. The van der Waals surface area contributed by atoms with Crippen LogP contribution < -0.4 is 0 Å². The van der Waals surface area contributed by atoms with Gasteiger partial charge in [-0.3, -0.25) is 4.98 Å². The third-order valence-corrected chi connectivity index (χ3v) is 7.65. The van der Waals surface area contributed by atoms with E-state index in [1.807, 2.05) is 108 Å². The number of nitrogens with zero attached hydrogens (tertiary/aromatic N) is 6. The van der Waals surface area contributed by atoms with E-state index in [9.17, 15) is 0 Å². The second kappa shape index (κ2) is 13.3. The van der Waals surface area contributed by atoms with Gasteiger partial charge < -0.3 is 14.0 Å². The first-order valence-electron chi connectivity index (χ1n) is 14.8. The van der Waals surface area contributed by atoms with E-state index in [0.717, 1.165) is 55.6 Å². The van der Waals surface area contributed by atoms with Crippen LogP contribution in [0.1, 0.15) is 0 Å². The number of furan rings is 1. The molecule has 0 amide bonds. The van der Waals surface area contributed by atoms with Gasteiger partial charge in [-0.2, -0.15) is 0 Å². The summed E-state index contributed by atoms with van der Waals surface area (Å²) in [7, 11) is 0. The van der Waals surface area contributed by atoms with Gasteiger partial charge in [0.15, 0.2) is 5.65 Å².